The molecule has 2 heterocycles. The Kier molecular flexibility index (Phi) is 6.09. The summed E-state index contributed by atoms with van der Waals surface area (Å²) in [5.41, 5.74) is 0.446. The number of alkyl halides is 3. The number of carbonyl (C=O) groups excluding carboxylic acids is 1. The predicted octanol–water partition coefficient (Wildman–Crippen LogP) is 1.93. The summed E-state index contributed by atoms with van der Waals surface area (Å²) in [6.07, 6.45) is -2.28. The van der Waals surface area contributed by atoms with Crippen molar-refractivity contribution in [3.8, 4) is 5.75 Å². The molecule has 3 rings (SSSR count). The second kappa shape index (κ2) is 8.73. The van der Waals surface area contributed by atoms with E-state index in [-0.39, 0.29) is 22.3 Å². The molecule has 162 valence electrons. The number of nitrogens with one attached hydrogen (secondary N) is 1. The molecule has 0 radical (unpaired) electrons. The quantitative estimate of drug-likeness (QED) is 0.321. The zero-order chi connectivity index (χ0) is 22.6. The van der Waals surface area contributed by atoms with E-state index in [2.05, 4.69) is 20.1 Å². The average molecular weight is 436 g/mol. The van der Waals surface area contributed by atoms with E-state index < -0.39 is 29.9 Å². The molecule has 0 bridgehead atoms. The highest BCUT2D eigenvalue weighted by atomic mass is 19.4. The van der Waals surface area contributed by atoms with Crippen LogP contribution in [0.25, 0.3) is 0 Å². The molecule has 5 N–H and O–H groups in total. The largest absolute Gasteiger partial charge is 0.573 e. The fourth-order valence-corrected chi connectivity index (χ4v) is 2.75. The van der Waals surface area contributed by atoms with Crippen LogP contribution in [0.15, 0.2) is 66.0 Å². The minimum atomic E-state index is -4.86. The van der Waals surface area contributed by atoms with Gasteiger partial charge < -0.3 is 21.7 Å². The van der Waals surface area contributed by atoms with Gasteiger partial charge in [0.15, 0.2) is 5.49 Å². The van der Waals surface area contributed by atoms with Gasteiger partial charge in [0.1, 0.15) is 17.3 Å². The van der Waals surface area contributed by atoms with Crippen LogP contribution in [0.3, 0.4) is 0 Å². The standard InChI is InChI=1S/C19H16F4N6O2/c20-14-2-1-9-26-17(14)16(11-3-6-13(7-4-11)31-19(21,22)23)27-18(30)12-5-8-15(28-24)29(25)10-12/h1-10,16H,24-25H2,(H,27,30)/b28-15-. The summed E-state index contributed by atoms with van der Waals surface area (Å²) in [5, 5.41) is 6.03. The van der Waals surface area contributed by atoms with Crippen molar-refractivity contribution in [3.63, 3.8) is 0 Å². The van der Waals surface area contributed by atoms with Crippen molar-refractivity contribution >= 4 is 5.91 Å². The number of aromatic nitrogens is 2. The number of halogens is 4. The molecule has 1 unspecified atom stereocenters. The maximum absolute atomic E-state index is 14.4. The third kappa shape index (κ3) is 5.29. The van der Waals surface area contributed by atoms with Crippen LogP contribution in [0.2, 0.25) is 0 Å². The smallest absolute Gasteiger partial charge is 0.406 e. The van der Waals surface area contributed by atoms with Crippen molar-refractivity contribution in [3.05, 3.63) is 89.1 Å². The van der Waals surface area contributed by atoms with Crippen LogP contribution in [0.4, 0.5) is 17.6 Å². The molecule has 0 aliphatic carbocycles. The van der Waals surface area contributed by atoms with Crippen molar-refractivity contribution in [1.82, 2.24) is 15.0 Å². The summed E-state index contributed by atoms with van der Waals surface area (Å²) >= 11 is 0. The molecule has 12 heteroatoms. The first-order valence-corrected chi connectivity index (χ1v) is 8.66. The first-order valence-electron chi connectivity index (χ1n) is 8.66. The fourth-order valence-electron chi connectivity index (χ4n) is 2.75. The van der Waals surface area contributed by atoms with Crippen LogP contribution < -0.4 is 27.2 Å². The van der Waals surface area contributed by atoms with Crippen molar-refractivity contribution in [2.75, 3.05) is 5.84 Å². The van der Waals surface area contributed by atoms with Gasteiger partial charge >= 0.3 is 6.36 Å². The summed E-state index contributed by atoms with van der Waals surface area (Å²) in [6.45, 7) is 0. The Bertz CT molecular complexity index is 1150. The van der Waals surface area contributed by atoms with Gasteiger partial charge in [-0.05, 0) is 42.0 Å². The number of amides is 1. The predicted molar refractivity (Wildman–Crippen MR) is 101 cm³/mol. The Morgan fingerprint density at radius 1 is 1.16 bits per heavy atom. The lowest BCUT2D eigenvalue weighted by Crippen LogP contribution is -2.34. The molecule has 1 amide bonds. The van der Waals surface area contributed by atoms with Crippen molar-refractivity contribution < 1.29 is 27.1 Å². The number of ether oxygens (including phenoxy) is 1. The summed E-state index contributed by atoms with van der Waals surface area (Å²) in [6, 6.07) is 8.82. The molecular weight excluding hydrogens is 420 g/mol. The third-order valence-corrected chi connectivity index (χ3v) is 4.13. The highest BCUT2D eigenvalue weighted by Gasteiger charge is 2.31. The van der Waals surface area contributed by atoms with E-state index in [1.807, 2.05) is 0 Å². The minimum absolute atomic E-state index is 0.105. The van der Waals surface area contributed by atoms with Gasteiger partial charge in [-0.15, -0.1) is 13.2 Å². The van der Waals surface area contributed by atoms with Crippen molar-refractivity contribution in [2.45, 2.75) is 12.4 Å². The second-order valence-electron chi connectivity index (χ2n) is 6.21. The molecule has 0 saturated heterocycles. The molecule has 0 saturated carbocycles. The maximum atomic E-state index is 14.4. The number of pyridine rings is 2. The first kappa shape index (κ1) is 21.6. The van der Waals surface area contributed by atoms with E-state index in [0.29, 0.717) is 0 Å². The molecule has 1 aromatic carbocycles. The Hall–Kier alpha value is -4.09. The zero-order valence-corrected chi connectivity index (χ0v) is 15.7. The minimum Gasteiger partial charge on any atom is -0.406 e. The molecular formula is C19H16F4N6O2. The number of nitrogens with zero attached hydrogens (tertiary/aromatic N) is 3. The Morgan fingerprint density at radius 2 is 1.87 bits per heavy atom. The van der Waals surface area contributed by atoms with Crippen LogP contribution in [0, 0.1) is 5.82 Å². The lowest BCUT2D eigenvalue weighted by molar-refractivity contribution is -0.274. The van der Waals surface area contributed by atoms with Crippen LogP contribution in [0.5, 0.6) is 5.75 Å². The van der Waals surface area contributed by atoms with Gasteiger partial charge in [0.2, 0.25) is 0 Å². The number of nitrogens with two attached hydrogens (primary N) is 2. The van der Waals surface area contributed by atoms with Gasteiger partial charge in [0.25, 0.3) is 5.91 Å². The van der Waals surface area contributed by atoms with E-state index in [4.69, 9.17) is 11.7 Å². The summed E-state index contributed by atoms with van der Waals surface area (Å²) in [7, 11) is 0. The van der Waals surface area contributed by atoms with Crippen LogP contribution in [0.1, 0.15) is 27.7 Å². The molecule has 31 heavy (non-hydrogen) atoms. The number of nitrogen functional groups attached to an aromatic ring is 1. The van der Waals surface area contributed by atoms with E-state index in [1.165, 1.54) is 42.7 Å². The number of hydrogen-bond donors (Lipinski definition) is 3. The highest BCUT2D eigenvalue weighted by Crippen LogP contribution is 2.27. The van der Waals surface area contributed by atoms with Crippen LogP contribution >= 0.6 is 0 Å². The monoisotopic (exact) mass is 436 g/mol. The third-order valence-electron chi connectivity index (χ3n) is 4.13. The zero-order valence-electron chi connectivity index (χ0n) is 15.7. The van der Waals surface area contributed by atoms with E-state index in [0.717, 1.165) is 22.9 Å². The highest BCUT2D eigenvalue weighted by molar-refractivity contribution is 5.94. The molecule has 3 aromatic rings. The molecule has 0 fully saturated rings. The average Bonchev–Trinajstić information content (AvgIpc) is 2.72. The molecule has 1 atom stereocenters. The number of carbonyl (C=O) groups is 1. The molecule has 0 spiro atoms. The van der Waals surface area contributed by atoms with Gasteiger partial charge in [0.05, 0.1) is 11.6 Å². The van der Waals surface area contributed by atoms with E-state index >= 15 is 0 Å². The molecule has 0 aliphatic rings. The first-order chi connectivity index (χ1) is 14.7. The maximum Gasteiger partial charge on any atom is 0.573 e. The van der Waals surface area contributed by atoms with Crippen molar-refractivity contribution in [2.24, 2.45) is 10.9 Å². The molecule has 0 aliphatic heterocycles. The van der Waals surface area contributed by atoms with E-state index in [1.54, 1.807) is 0 Å². The van der Waals surface area contributed by atoms with Gasteiger partial charge in [-0.3, -0.25) is 14.5 Å². The Morgan fingerprint density at radius 3 is 2.45 bits per heavy atom. The summed E-state index contributed by atoms with van der Waals surface area (Å²) in [5.74, 6) is 9.05. The molecule has 2 aromatic heterocycles. The summed E-state index contributed by atoms with van der Waals surface area (Å²) < 4.78 is 56.5. The lowest BCUT2D eigenvalue weighted by atomic mass is 10.0. The van der Waals surface area contributed by atoms with E-state index in [9.17, 15) is 22.4 Å². The lowest BCUT2D eigenvalue weighted by Gasteiger charge is -2.20. The SMILES string of the molecule is N/N=c1/ccc(C(=O)NC(c2ccc(OC(F)(F)F)cc2)c2ncccc2F)cn1N. The Labute approximate surface area is 172 Å². The summed E-state index contributed by atoms with van der Waals surface area (Å²) in [4.78, 5) is 16.7. The Balaban J connectivity index is 1.95. The number of benzene rings is 1. The number of hydrogen-bond acceptors (Lipinski definition) is 6. The van der Waals surface area contributed by atoms with Crippen LogP contribution in [-0.2, 0) is 0 Å². The van der Waals surface area contributed by atoms with Gasteiger partial charge in [-0.1, -0.05) is 12.1 Å². The van der Waals surface area contributed by atoms with Gasteiger partial charge in [-0.25, -0.2) is 4.39 Å². The molecule has 8 nitrogen and oxygen atoms in total. The fraction of sp³-hybridized carbons (Fsp3) is 0.105. The van der Waals surface area contributed by atoms with Gasteiger partial charge in [-0.2, -0.15) is 5.10 Å². The van der Waals surface area contributed by atoms with Crippen molar-refractivity contribution in [1.29, 1.82) is 0 Å². The van der Waals surface area contributed by atoms with Crippen LogP contribution in [-0.4, -0.2) is 21.9 Å². The normalized spacial score (nSPS) is 13.0. The number of rotatable bonds is 5. The second-order valence-corrected chi connectivity index (χ2v) is 6.21. The van der Waals surface area contributed by atoms with Gasteiger partial charge in [0, 0.05) is 12.4 Å². The topological polar surface area (TPSA) is 121 Å².